The smallest absolute Gasteiger partial charge is 0.232 e. The number of fused-ring (bicyclic) bond motifs is 2. The van der Waals surface area contributed by atoms with E-state index in [1.54, 1.807) is 25.3 Å². The lowest BCUT2D eigenvalue weighted by Crippen LogP contribution is -2.27. The monoisotopic (exact) mass is 427 g/mol. The van der Waals surface area contributed by atoms with Crippen molar-refractivity contribution in [2.75, 3.05) is 20.2 Å². The number of ketones is 1. The van der Waals surface area contributed by atoms with Crippen LogP contribution in [0.5, 0.6) is 11.5 Å². The number of benzene rings is 2. The predicted octanol–water partition coefficient (Wildman–Crippen LogP) is 4.32. The van der Waals surface area contributed by atoms with Gasteiger partial charge in [0, 0.05) is 17.9 Å². The molecule has 5 rings (SSSR count). The summed E-state index contributed by atoms with van der Waals surface area (Å²) >= 11 is 0. The number of H-pyrrole nitrogens is 1. The summed E-state index contributed by atoms with van der Waals surface area (Å²) in [5.74, 6) is 8.36. The Morgan fingerprint density at radius 1 is 1.22 bits per heavy atom. The van der Waals surface area contributed by atoms with Gasteiger partial charge >= 0.3 is 0 Å². The van der Waals surface area contributed by atoms with Crippen LogP contribution in [-0.4, -0.2) is 36.2 Å². The van der Waals surface area contributed by atoms with Crippen molar-refractivity contribution in [2.45, 2.75) is 25.7 Å². The molecule has 32 heavy (non-hydrogen) atoms. The van der Waals surface area contributed by atoms with E-state index in [2.05, 4.69) is 27.4 Å². The standard InChI is InChI=1S/C26H25N3O3/c1-31-23-11-10-20-25(30)24(16-22-18-7-4-5-9-21(18)28-29-22)32-26(20)19(23)8-3-2-6-17-12-14-27-15-13-17/h4-5,7,9-11,16-17,27H,2,6,12-15H2,1H3,(H,28,29). The lowest BCUT2D eigenvalue weighted by molar-refractivity contribution is 0.101. The number of carbonyl (C=O) groups excluding carboxylic acids is 1. The molecule has 3 aromatic rings. The minimum Gasteiger partial charge on any atom is -0.495 e. The van der Waals surface area contributed by atoms with Crippen molar-refractivity contribution in [1.29, 1.82) is 0 Å². The Morgan fingerprint density at radius 2 is 2.06 bits per heavy atom. The molecule has 3 heterocycles. The third-order valence-corrected chi connectivity index (χ3v) is 6.14. The number of nitrogens with zero attached hydrogens (tertiary/aromatic N) is 1. The minimum absolute atomic E-state index is 0.174. The zero-order chi connectivity index (χ0) is 21.9. The molecule has 1 aromatic heterocycles. The Balaban J connectivity index is 1.42. The second-order valence-corrected chi connectivity index (χ2v) is 8.15. The number of para-hydroxylation sites is 1. The molecule has 0 bridgehead atoms. The van der Waals surface area contributed by atoms with Crippen molar-refractivity contribution in [2.24, 2.45) is 5.92 Å². The summed E-state index contributed by atoms with van der Waals surface area (Å²) in [5, 5.41) is 11.6. The van der Waals surface area contributed by atoms with Gasteiger partial charge in [-0.1, -0.05) is 30.0 Å². The average molecular weight is 428 g/mol. The van der Waals surface area contributed by atoms with E-state index in [0.717, 1.165) is 42.8 Å². The van der Waals surface area contributed by atoms with E-state index in [0.29, 0.717) is 28.3 Å². The molecular weight excluding hydrogens is 402 g/mol. The van der Waals surface area contributed by atoms with Gasteiger partial charge in [0.25, 0.3) is 0 Å². The second-order valence-electron chi connectivity index (χ2n) is 8.15. The topological polar surface area (TPSA) is 76.2 Å². The van der Waals surface area contributed by atoms with Gasteiger partial charge in [0.1, 0.15) is 11.3 Å². The Labute approximate surface area is 187 Å². The zero-order valence-corrected chi connectivity index (χ0v) is 18.0. The van der Waals surface area contributed by atoms with Gasteiger partial charge in [0.2, 0.25) is 5.78 Å². The lowest BCUT2D eigenvalue weighted by atomic mass is 9.93. The Hall–Kier alpha value is -3.56. The van der Waals surface area contributed by atoms with Crippen LogP contribution in [0.25, 0.3) is 17.0 Å². The van der Waals surface area contributed by atoms with Crippen LogP contribution >= 0.6 is 0 Å². The number of aromatic nitrogens is 2. The number of carbonyl (C=O) groups is 1. The number of rotatable bonds is 4. The van der Waals surface area contributed by atoms with Crippen molar-refractivity contribution in [3.05, 3.63) is 59.0 Å². The number of aromatic amines is 1. The molecule has 6 heteroatoms. The van der Waals surface area contributed by atoms with Gasteiger partial charge in [-0.3, -0.25) is 9.89 Å². The molecule has 0 atom stereocenters. The maximum absolute atomic E-state index is 13.0. The molecular formula is C26H25N3O3. The van der Waals surface area contributed by atoms with Gasteiger partial charge in [-0.2, -0.15) is 5.10 Å². The molecule has 2 aromatic carbocycles. The van der Waals surface area contributed by atoms with Crippen molar-refractivity contribution in [3.63, 3.8) is 0 Å². The highest BCUT2D eigenvalue weighted by Gasteiger charge is 2.31. The first-order chi connectivity index (χ1) is 15.7. The molecule has 1 saturated heterocycles. The van der Waals surface area contributed by atoms with Crippen LogP contribution in [0.1, 0.15) is 47.3 Å². The number of hydrogen-bond donors (Lipinski definition) is 2. The van der Waals surface area contributed by atoms with Crippen molar-refractivity contribution in [3.8, 4) is 23.3 Å². The fraction of sp³-hybridized carbons (Fsp3) is 0.308. The number of hydrogen-bond acceptors (Lipinski definition) is 5. The molecule has 0 radical (unpaired) electrons. The summed E-state index contributed by atoms with van der Waals surface area (Å²) < 4.78 is 11.5. The summed E-state index contributed by atoms with van der Waals surface area (Å²) in [4.78, 5) is 13.0. The van der Waals surface area contributed by atoms with Crippen LogP contribution < -0.4 is 14.8 Å². The molecule has 2 aliphatic heterocycles. The highest BCUT2D eigenvalue weighted by molar-refractivity contribution is 6.15. The fourth-order valence-electron chi connectivity index (χ4n) is 4.34. The van der Waals surface area contributed by atoms with E-state index in [-0.39, 0.29) is 11.5 Å². The van der Waals surface area contributed by atoms with E-state index in [1.165, 1.54) is 12.8 Å². The summed E-state index contributed by atoms with van der Waals surface area (Å²) in [6, 6.07) is 11.3. The van der Waals surface area contributed by atoms with Crippen LogP contribution in [0, 0.1) is 17.8 Å². The largest absolute Gasteiger partial charge is 0.495 e. The first-order valence-electron chi connectivity index (χ1n) is 11.0. The van der Waals surface area contributed by atoms with Gasteiger partial charge in [-0.05, 0) is 56.5 Å². The molecule has 0 unspecified atom stereocenters. The third kappa shape index (κ3) is 3.88. The third-order valence-electron chi connectivity index (χ3n) is 6.14. The fourth-order valence-corrected chi connectivity index (χ4v) is 4.34. The summed E-state index contributed by atoms with van der Waals surface area (Å²) in [7, 11) is 1.60. The van der Waals surface area contributed by atoms with Gasteiger partial charge in [0.05, 0.1) is 23.9 Å². The summed E-state index contributed by atoms with van der Waals surface area (Å²) in [6.07, 6.45) is 6.00. The van der Waals surface area contributed by atoms with Gasteiger partial charge in [0.15, 0.2) is 11.5 Å². The molecule has 0 spiro atoms. The zero-order valence-electron chi connectivity index (χ0n) is 18.0. The van der Waals surface area contributed by atoms with Gasteiger partial charge in [-0.15, -0.1) is 0 Å². The molecule has 6 nitrogen and oxygen atoms in total. The average Bonchev–Trinajstić information content (AvgIpc) is 3.39. The second kappa shape index (κ2) is 8.89. The van der Waals surface area contributed by atoms with Crippen LogP contribution in [0.2, 0.25) is 0 Å². The lowest BCUT2D eigenvalue weighted by Gasteiger charge is -2.21. The summed E-state index contributed by atoms with van der Waals surface area (Å²) in [5.41, 5.74) is 2.70. The Bertz CT molecular complexity index is 1260. The van der Waals surface area contributed by atoms with Crippen LogP contribution in [-0.2, 0) is 0 Å². The molecule has 162 valence electrons. The SMILES string of the molecule is COc1ccc2c(c1C#CCCC1CCNCC1)OC(=Cc1n[nH]c3ccccc13)C2=O. The number of ether oxygens (including phenoxy) is 2. The van der Waals surface area contributed by atoms with Crippen molar-refractivity contribution < 1.29 is 14.3 Å². The van der Waals surface area contributed by atoms with E-state index in [1.807, 2.05) is 24.3 Å². The number of piperidine rings is 1. The molecule has 2 aliphatic rings. The molecule has 2 N–H and O–H groups in total. The number of allylic oxidation sites excluding steroid dienone is 1. The van der Waals surface area contributed by atoms with Gasteiger partial charge in [-0.25, -0.2) is 0 Å². The highest BCUT2D eigenvalue weighted by Crippen LogP contribution is 2.39. The van der Waals surface area contributed by atoms with E-state index in [9.17, 15) is 4.79 Å². The molecule has 0 amide bonds. The maximum atomic E-state index is 13.0. The maximum Gasteiger partial charge on any atom is 0.232 e. The van der Waals surface area contributed by atoms with Crippen molar-refractivity contribution >= 4 is 22.8 Å². The first kappa shape index (κ1) is 20.3. The van der Waals surface area contributed by atoms with Crippen molar-refractivity contribution in [1.82, 2.24) is 15.5 Å². The van der Waals surface area contributed by atoms with Crippen LogP contribution in [0.15, 0.2) is 42.2 Å². The number of Topliss-reactive ketones (excluding diaryl/α,β-unsaturated/α-hetero) is 1. The number of methoxy groups -OCH3 is 1. The van der Waals surface area contributed by atoms with E-state index in [4.69, 9.17) is 9.47 Å². The molecule has 0 aliphatic carbocycles. The Morgan fingerprint density at radius 3 is 2.91 bits per heavy atom. The van der Waals surface area contributed by atoms with Gasteiger partial charge < -0.3 is 14.8 Å². The molecule has 0 saturated carbocycles. The van der Waals surface area contributed by atoms with E-state index < -0.39 is 0 Å². The van der Waals surface area contributed by atoms with Crippen LogP contribution in [0.4, 0.5) is 0 Å². The molecule has 1 fully saturated rings. The highest BCUT2D eigenvalue weighted by atomic mass is 16.5. The van der Waals surface area contributed by atoms with E-state index >= 15 is 0 Å². The quantitative estimate of drug-likeness (QED) is 0.479. The predicted molar refractivity (Wildman–Crippen MR) is 124 cm³/mol. The minimum atomic E-state index is -0.174. The number of nitrogens with one attached hydrogen (secondary N) is 2. The van der Waals surface area contributed by atoms with Crippen LogP contribution in [0.3, 0.4) is 0 Å². The normalized spacial score (nSPS) is 17.2. The Kier molecular flexibility index (Phi) is 5.66. The first-order valence-corrected chi connectivity index (χ1v) is 11.0. The summed E-state index contributed by atoms with van der Waals surface area (Å²) in [6.45, 7) is 2.18.